The number of piperidine rings is 1. The number of likely N-dealkylation sites (tertiary alicyclic amines) is 2. The second-order valence-electron chi connectivity index (χ2n) is 7.19. The second-order valence-corrected chi connectivity index (χ2v) is 7.19. The molecular weight excluding hydrogens is 220 g/mol. The van der Waals surface area contributed by atoms with Crippen LogP contribution >= 0.6 is 0 Å². The molecule has 2 aliphatic heterocycles. The van der Waals surface area contributed by atoms with E-state index in [0.29, 0.717) is 0 Å². The van der Waals surface area contributed by atoms with Gasteiger partial charge in [-0.15, -0.1) is 0 Å². The molecule has 0 aromatic carbocycles. The van der Waals surface area contributed by atoms with Gasteiger partial charge in [-0.1, -0.05) is 27.7 Å². The molecule has 0 aliphatic carbocycles. The molecule has 0 amide bonds. The van der Waals surface area contributed by atoms with Crippen molar-refractivity contribution < 1.29 is 0 Å². The minimum atomic E-state index is 0.878. The fourth-order valence-electron chi connectivity index (χ4n) is 3.34. The lowest BCUT2D eigenvalue weighted by Gasteiger charge is -2.43. The van der Waals surface area contributed by atoms with Crippen LogP contribution in [0.1, 0.15) is 40.5 Å². The van der Waals surface area contributed by atoms with Gasteiger partial charge >= 0.3 is 0 Å². The molecular formula is C16H32N2. The summed E-state index contributed by atoms with van der Waals surface area (Å²) in [6.07, 6.45) is 2.85. The monoisotopic (exact) mass is 252 g/mol. The van der Waals surface area contributed by atoms with Crippen molar-refractivity contribution >= 4 is 0 Å². The van der Waals surface area contributed by atoms with Crippen LogP contribution < -0.4 is 0 Å². The van der Waals surface area contributed by atoms with Gasteiger partial charge in [-0.2, -0.15) is 0 Å². The molecule has 0 bridgehead atoms. The van der Waals surface area contributed by atoms with Gasteiger partial charge in [0.2, 0.25) is 0 Å². The zero-order chi connectivity index (χ0) is 13.1. The molecule has 0 atom stereocenters. The van der Waals surface area contributed by atoms with Crippen molar-refractivity contribution in [3.63, 3.8) is 0 Å². The highest BCUT2D eigenvalue weighted by Crippen LogP contribution is 2.25. The largest absolute Gasteiger partial charge is 0.302 e. The summed E-state index contributed by atoms with van der Waals surface area (Å²) >= 11 is 0. The molecule has 2 heterocycles. The number of rotatable bonds is 5. The molecule has 0 saturated carbocycles. The quantitative estimate of drug-likeness (QED) is 0.742. The van der Waals surface area contributed by atoms with Crippen LogP contribution in [0, 0.1) is 23.7 Å². The van der Waals surface area contributed by atoms with Crippen LogP contribution in [0.5, 0.6) is 0 Å². The molecule has 2 fully saturated rings. The third kappa shape index (κ3) is 3.71. The lowest BCUT2D eigenvalue weighted by atomic mass is 9.86. The Morgan fingerprint density at radius 3 is 1.78 bits per heavy atom. The summed E-state index contributed by atoms with van der Waals surface area (Å²) in [6.45, 7) is 17.5. The van der Waals surface area contributed by atoms with E-state index < -0.39 is 0 Å². The summed E-state index contributed by atoms with van der Waals surface area (Å²) in [6, 6.07) is 0. The Balaban J connectivity index is 1.57. The van der Waals surface area contributed by atoms with Crippen molar-refractivity contribution in [3.8, 4) is 0 Å². The van der Waals surface area contributed by atoms with Gasteiger partial charge in [-0.3, -0.25) is 0 Å². The molecule has 0 aromatic rings. The van der Waals surface area contributed by atoms with Gasteiger partial charge in [0.1, 0.15) is 0 Å². The number of hydrogen-bond acceptors (Lipinski definition) is 2. The summed E-state index contributed by atoms with van der Waals surface area (Å²) in [5.74, 6) is 3.71. The van der Waals surface area contributed by atoms with Gasteiger partial charge in [-0.25, -0.2) is 0 Å². The van der Waals surface area contributed by atoms with Gasteiger partial charge in [-0.05, 0) is 49.6 Å². The molecule has 0 spiro atoms. The lowest BCUT2D eigenvalue weighted by molar-refractivity contribution is 0.0511. The van der Waals surface area contributed by atoms with Gasteiger partial charge in [0.05, 0.1) is 0 Å². The topological polar surface area (TPSA) is 6.48 Å². The summed E-state index contributed by atoms with van der Waals surface area (Å²) in [4.78, 5) is 5.32. The molecule has 2 aliphatic rings. The van der Waals surface area contributed by atoms with Crippen LogP contribution in [-0.2, 0) is 0 Å². The predicted octanol–water partition coefficient (Wildman–Crippen LogP) is 2.94. The average Bonchev–Trinajstić information content (AvgIpc) is 2.27. The van der Waals surface area contributed by atoms with Crippen molar-refractivity contribution in [2.45, 2.75) is 40.5 Å². The Bertz CT molecular complexity index is 235. The van der Waals surface area contributed by atoms with E-state index in [2.05, 4.69) is 37.5 Å². The maximum atomic E-state index is 2.68. The van der Waals surface area contributed by atoms with E-state index in [-0.39, 0.29) is 0 Å². The Morgan fingerprint density at radius 1 is 0.778 bits per heavy atom. The minimum absolute atomic E-state index is 0.878. The Kier molecular flexibility index (Phi) is 5.08. The van der Waals surface area contributed by atoms with Gasteiger partial charge in [0.25, 0.3) is 0 Å². The van der Waals surface area contributed by atoms with Crippen molar-refractivity contribution in [3.05, 3.63) is 0 Å². The van der Waals surface area contributed by atoms with Crippen molar-refractivity contribution in [2.24, 2.45) is 23.7 Å². The first-order valence-corrected chi connectivity index (χ1v) is 8.01. The molecule has 2 nitrogen and oxygen atoms in total. The first-order chi connectivity index (χ1) is 8.56. The van der Waals surface area contributed by atoms with Crippen LogP contribution in [-0.4, -0.2) is 49.1 Å². The van der Waals surface area contributed by atoms with Crippen LogP contribution in [0.3, 0.4) is 0 Å². The highest BCUT2D eigenvalue weighted by Gasteiger charge is 2.29. The van der Waals surface area contributed by atoms with Crippen LogP contribution in [0.25, 0.3) is 0 Å². The zero-order valence-electron chi connectivity index (χ0n) is 12.9. The fourth-order valence-corrected chi connectivity index (χ4v) is 3.34. The van der Waals surface area contributed by atoms with Crippen molar-refractivity contribution in [1.82, 2.24) is 9.80 Å². The SMILES string of the molecule is CC(C)C1CCN(CCN2CC(C(C)C)C2)CC1. The van der Waals surface area contributed by atoms with Crippen LogP contribution in [0.15, 0.2) is 0 Å². The molecule has 0 unspecified atom stereocenters. The van der Waals surface area contributed by atoms with Gasteiger partial charge < -0.3 is 9.80 Å². The molecule has 0 N–H and O–H groups in total. The maximum absolute atomic E-state index is 2.68. The Hall–Kier alpha value is -0.0800. The molecule has 18 heavy (non-hydrogen) atoms. The molecule has 2 rings (SSSR count). The minimum Gasteiger partial charge on any atom is -0.302 e. The predicted molar refractivity (Wildman–Crippen MR) is 78.8 cm³/mol. The van der Waals surface area contributed by atoms with E-state index in [0.717, 1.165) is 23.7 Å². The van der Waals surface area contributed by atoms with E-state index in [9.17, 15) is 0 Å². The van der Waals surface area contributed by atoms with E-state index >= 15 is 0 Å². The first kappa shape index (κ1) is 14.3. The summed E-state index contributed by atoms with van der Waals surface area (Å²) in [7, 11) is 0. The number of hydrogen-bond donors (Lipinski definition) is 0. The van der Waals surface area contributed by atoms with E-state index in [1.807, 2.05) is 0 Å². The highest BCUT2D eigenvalue weighted by molar-refractivity contribution is 4.83. The van der Waals surface area contributed by atoms with Crippen molar-refractivity contribution in [1.29, 1.82) is 0 Å². The van der Waals surface area contributed by atoms with E-state index in [4.69, 9.17) is 0 Å². The molecule has 0 aromatic heterocycles. The van der Waals surface area contributed by atoms with Crippen molar-refractivity contribution in [2.75, 3.05) is 39.3 Å². The molecule has 0 radical (unpaired) electrons. The standard InChI is InChI=1S/C16H32N2/c1-13(2)15-5-7-17(8-6-15)9-10-18-11-16(12-18)14(3)4/h13-16H,5-12H2,1-4H3. The van der Waals surface area contributed by atoms with E-state index in [1.54, 1.807) is 0 Å². The zero-order valence-corrected chi connectivity index (χ0v) is 12.9. The maximum Gasteiger partial charge on any atom is 0.0110 e. The molecule has 106 valence electrons. The number of nitrogens with zero attached hydrogens (tertiary/aromatic N) is 2. The summed E-state index contributed by atoms with van der Waals surface area (Å²) < 4.78 is 0. The average molecular weight is 252 g/mol. The highest BCUT2D eigenvalue weighted by atomic mass is 15.2. The molecule has 2 saturated heterocycles. The fraction of sp³-hybridized carbons (Fsp3) is 1.00. The van der Waals surface area contributed by atoms with Crippen LogP contribution in [0.4, 0.5) is 0 Å². The molecule has 2 heteroatoms. The normalized spacial score (nSPS) is 25.0. The summed E-state index contributed by atoms with van der Waals surface area (Å²) in [5, 5.41) is 0. The van der Waals surface area contributed by atoms with Gasteiger partial charge in [0.15, 0.2) is 0 Å². The third-order valence-corrected chi connectivity index (χ3v) is 5.24. The summed E-state index contributed by atoms with van der Waals surface area (Å²) in [5.41, 5.74) is 0. The Labute approximate surface area is 114 Å². The third-order valence-electron chi connectivity index (χ3n) is 5.24. The van der Waals surface area contributed by atoms with Gasteiger partial charge in [0, 0.05) is 26.2 Å². The second kappa shape index (κ2) is 6.38. The Morgan fingerprint density at radius 2 is 1.28 bits per heavy atom. The lowest BCUT2D eigenvalue weighted by Crippen LogP contribution is -2.51. The smallest absolute Gasteiger partial charge is 0.0110 e. The van der Waals surface area contributed by atoms with Crippen LogP contribution in [0.2, 0.25) is 0 Å². The first-order valence-electron chi connectivity index (χ1n) is 8.01. The van der Waals surface area contributed by atoms with E-state index in [1.165, 1.54) is 52.1 Å².